The number of hydrazine groups is 1. The summed E-state index contributed by atoms with van der Waals surface area (Å²) in [6.07, 6.45) is 0.735. The van der Waals surface area contributed by atoms with Crippen LogP contribution in [0.4, 0.5) is 0 Å². The SMILES string of the molecule is NNC(Cc1ccc(Cl)cc1Cl)c1csc(I)c1. The van der Waals surface area contributed by atoms with Crippen LogP contribution in [0.3, 0.4) is 0 Å². The fourth-order valence-corrected chi connectivity index (χ4v) is 3.60. The van der Waals surface area contributed by atoms with E-state index in [2.05, 4.69) is 39.5 Å². The Morgan fingerprint density at radius 2 is 2.11 bits per heavy atom. The minimum atomic E-state index is 0.0587. The van der Waals surface area contributed by atoms with Crippen molar-refractivity contribution in [2.45, 2.75) is 12.5 Å². The molecule has 96 valence electrons. The van der Waals surface area contributed by atoms with Gasteiger partial charge in [0.25, 0.3) is 0 Å². The highest BCUT2D eigenvalue weighted by molar-refractivity contribution is 14.1. The Labute approximate surface area is 134 Å². The van der Waals surface area contributed by atoms with Crippen molar-refractivity contribution in [2.24, 2.45) is 5.84 Å². The van der Waals surface area contributed by atoms with Gasteiger partial charge in [-0.1, -0.05) is 29.3 Å². The number of nitrogens with two attached hydrogens (primary N) is 1. The number of rotatable bonds is 4. The van der Waals surface area contributed by atoms with Gasteiger partial charge in [-0.05, 0) is 63.7 Å². The Balaban J connectivity index is 2.20. The van der Waals surface area contributed by atoms with E-state index < -0.39 is 0 Å². The highest BCUT2D eigenvalue weighted by Gasteiger charge is 2.14. The van der Waals surface area contributed by atoms with Crippen LogP contribution >= 0.6 is 57.1 Å². The first-order valence-corrected chi connectivity index (χ1v) is 7.95. The zero-order chi connectivity index (χ0) is 13.1. The predicted octanol–water partition coefficient (Wildman–Crippen LogP) is 4.41. The quantitative estimate of drug-likeness (QED) is 0.443. The van der Waals surface area contributed by atoms with E-state index in [4.69, 9.17) is 29.0 Å². The van der Waals surface area contributed by atoms with Crippen LogP contribution < -0.4 is 11.3 Å². The average molecular weight is 413 g/mol. The van der Waals surface area contributed by atoms with E-state index >= 15 is 0 Å². The summed E-state index contributed by atoms with van der Waals surface area (Å²) in [7, 11) is 0. The lowest BCUT2D eigenvalue weighted by Gasteiger charge is -2.15. The lowest BCUT2D eigenvalue weighted by atomic mass is 10.0. The van der Waals surface area contributed by atoms with Gasteiger partial charge in [-0.2, -0.15) is 0 Å². The highest BCUT2D eigenvalue weighted by Crippen LogP contribution is 2.28. The van der Waals surface area contributed by atoms with Gasteiger partial charge in [0.15, 0.2) is 0 Å². The van der Waals surface area contributed by atoms with Crippen molar-refractivity contribution < 1.29 is 0 Å². The van der Waals surface area contributed by atoms with E-state index in [9.17, 15) is 0 Å². The number of thiophene rings is 1. The Morgan fingerprint density at radius 3 is 2.67 bits per heavy atom. The van der Waals surface area contributed by atoms with Gasteiger partial charge in [-0.15, -0.1) is 11.3 Å². The molecule has 0 amide bonds. The monoisotopic (exact) mass is 412 g/mol. The van der Waals surface area contributed by atoms with Gasteiger partial charge < -0.3 is 0 Å². The smallest absolute Gasteiger partial charge is 0.0656 e. The molecule has 0 aliphatic carbocycles. The molecule has 0 bridgehead atoms. The number of nitrogens with one attached hydrogen (secondary N) is 1. The predicted molar refractivity (Wildman–Crippen MR) is 87.3 cm³/mol. The summed E-state index contributed by atoms with van der Waals surface area (Å²) in [5.41, 5.74) is 5.04. The minimum Gasteiger partial charge on any atom is -0.271 e. The van der Waals surface area contributed by atoms with Gasteiger partial charge in [0.1, 0.15) is 0 Å². The molecule has 0 saturated carbocycles. The molecule has 1 heterocycles. The summed E-state index contributed by atoms with van der Waals surface area (Å²) in [5.74, 6) is 5.62. The van der Waals surface area contributed by atoms with Crippen LogP contribution in [0.25, 0.3) is 0 Å². The third kappa shape index (κ3) is 3.59. The summed E-state index contributed by atoms with van der Waals surface area (Å²) < 4.78 is 1.24. The van der Waals surface area contributed by atoms with Gasteiger partial charge in [0, 0.05) is 10.0 Å². The third-order valence-electron chi connectivity index (χ3n) is 2.63. The second-order valence-corrected chi connectivity index (χ2v) is 7.49. The van der Waals surface area contributed by atoms with Gasteiger partial charge in [-0.25, -0.2) is 0 Å². The van der Waals surface area contributed by atoms with Crippen molar-refractivity contribution >= 4 is 57.1 Å². The number of benzene rings is 1. The van der Waals surface area contributed by atoms with Crippen LogP contribution in [-0.2, 0) is 6.42 Å². The second kappa shape index (κ2) is 6.54. The Morgan fingerprint density at radius 1 is 1.33 bits per heavy atom. The van der Waals surface area contributed by atoms with Crippen LogP contribution in [0.5, 0.6) is 0 Å². The van der Waals surface area contributed by atoms with Gasteiger partial charge in [0.05, 0.1) is 8.93 Å². The maximum absolute atomic E-state index is 6.17. The third-order valence-corrected chi connectivity index (χ3v) is 5.02. The minimum absolute atomic E-state index is 0.0587. The normalized spacial score (nSPS) is 12.7. The molecule has 0 spiro atoms. The Hall–Kier alpha value is 0.150. The number of halogens is 3. The Kier molecular flexibility index (Phi) is 5.29. The van der Waals surface area contributed by atoms with Crippen LogP contribution in [0.15, 0.2) is 29.6 Å². The topological polar surface area (TPSA) is 38.0 Å². The lowest BCUT2D eigenvalue weighted by Crippen LogP contribution is -2.29. The maximum Gasteiger partial charge on any atom is 0.0656 e. The van der Waals surface area contributed by atoms with Crippen LogP contribution in [-0.4, -0.2) is 0 Å². The molecular formula is C12H11Cl2IN2S. The zero-order valence-electron chi connectivity index (χ0n) is 9.29. The first-order chi connectivity index (χ1) is 8.60. The van der Waals surface area contributed by atoms with Crippen molar-refractivity contribution in [3.63, 3.8) is 0 Å². The van der Waals surface area contributed by atoms with Crippen molar-refractivity contribution in [1.29, 1.82) is 0 Å². The summed E-state index contributed by atoms with van der Waals surface area (Å²) in [5, 5.41) is 3.43. The fourth-order valence-electron chi connectivity index (χ4n) is 1.69. The zero-order valence-corrected chi connectivity index (χ0v) is 13.8. The maximum atomic E-state index is 6.17. The molecule has 0 saturated heterocycles. The van der Waals surface area contributed by atoms with Gasteiger partial charge in [-0.3, -0.25) is 11.3 Å². The summed E-state index contributed by atoms with van der Waals surface area (Å²) in [6.45, 7) is 0. The first-order valence-electron chi connectivity index (χ1n) is 5.24. The highest BCUT2D eigenvalue weighted by atomic mass is 127. The Bertz CT molecular complexity index is 545. The van der Waals surface area contributed by atoms with E-state index in [1.807, 2.05) is 12.1 Å². The molecule has 3 N–H and O–H groups in total. The van der Waals surface area contributed by atoms with E-state index in [1.54, 1.807) is 17.4 Å². The molecule has 0 radical (unpaired) electrons. The first kappa shape index (κ1) is 14.6. The molecule has 18 heavy (non-hydrogen) atoms. The molecule has 2 nitrogen and oxygen atoms in total. The largest absolute Gasteiger partial charge is 0.271 e. The molecule has 0 aliphatic heterocycles. The molecule has 1 aromatic carbocycles. The van der Waals surface area contributed by atoms with Gasteiger partial charge >= 0.3 is 0 Å². The molecule has 0 aliphatic rings. The van der Waals surface area contributed by atoms with E-state index in [0.717, 1.165) is 12.0 Å². The second-order valence-electron chi connectivity index (χ2n) is 3.84. The molecule has 2 aromatic rings. The van der Waals surface area contributed by atoms with E-state index in [-0.39, 0.29) is 6.04 Å². The summed E-state index contributed by atoms with van der Waals surface area (Å²) >= 11 is 16.1. The summed E-state index contributed by atoms with van der Waals surface area (Å²) in [4.78, 5) is 0. The lowest BCUT2D eigenvalue weighted by molar-refractivity contribution is 0.553. The number of hydrogen-bond acceptors (Lipinski definition) is 3. The van der Waals surface area contributed by atoms with Crippen molar-refractivity contribution in [3.05, 3.63) is 53.7 Å². The molecule has 0 fully saturated rings. The van der Waals surface area contributed by atoms with Crippen LogP contribution in [0.1, 0.15) is 17.2 Å². The standard InChI is InChI=1S/C12H11Cl2IN2S/c13-9-2-1-7(10(14)5-9)3-11(17-16)8-4-12(15)18-6-8/h1-2,4-6,11,17H,3,16H2. The average Bonchev–Trinajstić information content (AvgIpc) is 2.75. The molecule has 1 unspecified atom stereocenters. The fraction of sp³-hybridized carbons (Fsp3) is 0.167. The molecule has 1 atom stereocenters. The van der Waals surface area contributed by atoms with Gasteiger partial charge in [0.2, 0.25) is 0 Å². The molecule has 6 heteroatoms. The molecule has 2 rings (SSSR count). The van der Waals surface area contributed by atoms with Crippen molar-refractivity contribution in [1.82, 2.24) is 5.43 Å². The van der Waals surface area contributed by atoms with Crippen molar-refractivity contribution in [2.75, 3.05) is 0 Å². The molecular weight excluding hydrogens is 402 g/mol. The van der Waals surface area contributed by atoms with Crippen molar-refractivity contribution in [3.8, 4) is 0 Å². The van der Waals surface area contributed by atoms with Crippen LogP contribution in [0.2, 0.25) is 10.0 Å². The van der Waals surface area contributed by atoms with Crippen LogP contribution in [0, 0.1) is 2.88 Å². The van der Waals surface area contributed by atoms with E-state index in [0.29, 0.717) is 10.0 Å². The number of hydrogen-bond donors (Lipinski definition) is 2. The van der Waals surface area contributed by atoms with E-state index in [1.165, 1.54) is 8.45 Å². The molecule has 1 aromatic heterocycles. The summed E-state index contributed by atoms with van der Waals surface area (Å²) in [6, 6.07) is 7.71.